The molecule has 5 heteroatoms. The van der Waals surface area contributed by atoms with Gasteiger partial charge in [0.1, 0.15) is 6.10 Å². The number of hydrogen-bond donors (Lipinski definition) is 2. The van der Waals surface area contributed by atoms with Crippen LogP contribution in [0.25, 0.3) is 0 Å². The van der Waals surface area contributed by atoms with E-state index in [0.717, 1.165) is 51.5 Å². The number of carbonyl (C=O) groups excluding carboxylic acids is 1. The monoisotopic (exact) mass is 447 g/mol. The number of carbonyl (C=O) groups is 2. The van der Waals surface area contributed by atoms with Gasteiger partial charge in [-0.05, 0) is 105 Å². The van der Waals surface area contributed by atoms with Gasteiger partial charge in [0.15, 0.2) is 0 Å². The molecule has 5 nitrogen and oxygen atoms in total. The van der Waals surface area contributed by atoms with Crippen LogP contribution in [0.4, 0.5) is 0 Å². The number of carboxylic acids is 1. The molecule has 0 heterocycles. The molecule has 0 unspecified atom stereocenters. The van der Waals surface area contributed by atoms with E-state index in [2.05, 4.69) is 33.0 Å². The first-order chi connectivity index (χ1) is 15.1. The van der Waals surface area contributed by atoms with Gasteiger partial charge in [0, 0.05) is 13.0 Å². The second kappa shape index (κ2) is 8.92. The summed E-state index contributed by atoms with van der Waals surface area (Å²) < 4.78 is 5.65. The van der Waals surface area contributed by atoms with Crippen LogP contribution in [0, 0.1) is 46.3 Å². The Morgan fingerprint density at radius 1 is 1.09 bits per heavy atom. The molecule has 4 fully saturated rings. The van der Waals surface area contributed by atoms with Gasteiger partial charge in [0.05, 0.1) is 5.92 Å². The topological polar surface area (TPSA) is 75.6 Å². The quantitative estimate of drug-likeness (QED) is 0.542. The molecule has 4 aliphatic carbocycles. The average molecular weight is 448 g/mol. The summed E-state index contributed by atoms with van der Waals surface area (Å²) in [6.07, 6.45) is 9.61. The molecule has 0 radical (unpaired) electrons. The van der Waals surface area contributed by atoms with E-state index >= 15 is 0 Å². The van der Waals surface area contributed by atoms with Gasteiger partial charge in [-0.25, -0.2) is 0 Å². The van der Waals surface area contributed by atoms with Crippen LogP contribution in [0.15, 0.2) is 0 Å². The van der Waals surface area contributed by atoms with Crippen LogP contribution in [0.5, 0.6) is 0 Å². The Morgan fingerprint density at radius 2 is 1.84 bits per heavy atom. The number of nitrogens with one attached hydrogen (secondary N) is 1. The summed E-state index contributed by atoms with van der Waals surface area (Å²) in [5.74, 6) is 2.05. The molecule has 0 aromatic rings. The van der Waals surface area contributed by atoms with E-state index in [1.807, 2.05) is 0 Å². The van der Waals surface area contributed by atoms with Crippen molar-refractivity contribution in [3.05, 3.63) is 0 Å². The fraction of sp³-hybridized carbons (Fsp3) is 0.926. The molecule has 4 saturated carbocycles. The molecule has 0 bridgehead atoms. The van der Waals surface area contributed by atoms with Crippen LogP contribution in [-0.4, -0.2) is 35.7 Å². The zero-order valence-corrected chi connectivity index (χ0v) is 20.9. The third-order valence-electron chi connectivity index (χ3n) is 10.3. The lowest BCUT2D eigenvalue weighted by molar-refractivity contribution is -0.168. The minimum absolute atomic E-state index is 0.0752. The van der Waals surface area contributed by atoms with Crippen LogP contribution in [0.3, 0.4) is 0 Å². The number of carboxylic acid groups (broad SMARTS) is 1. The van der Waals surface area contributed by atoms with Crippen molar-refractivity contribution in [3.8, 4) is 0 Å². The van der Waals surface area contributed by atoms with E-state index in [4.69, 9.17) is 4.74 Å². The van der Waals surface area contributed by atoms with Crippen molar-refractivity contribution in [2.75, 3.05) is 6.54 Å². The Balaban J connectivity index is 1.62. The molecule has 0 aromatic carbocycles. The Kier molecular flexibility index (Phi) is 6.70. The first-order valence-electron chi connectivity index (χ1n) is 13.2. The summed E-state index contributed by atoms with van der Waals surface area (Å²) >= 11 is 0. The smallest absolute Gasteiger partial charge is 0.307 e. The molecule has 0 aromatic heterocycles. The van der Waals surface area contributed by atoms with E-state index in [1.54, 1.807) is 0 Å². The maximum absolute atomic E-state index is 12.2. The number of hydrogen-bond acceptors (Lipinski definition) is 4. The summed E-state index contributed by atoms with van der Waals surface area (Å²) in [6, 6.07) is 0.387. The summed E-state index contributed by atoms with van der Waals surface area (Å²) in [5.41, 5.74) is 0.151. The van der Waals surface area contributed by atoms with Crippen LogP contribution in [0.1, 0.15) is 92.4 Å². The first-order valence-corrected chi connectivity index (χ1v) is 13.2. The number of aliphatic carboxylic acids is 1. The highest BCUT2D eigenvalue weighted by Gasteiger charge is 2.64. The van der Waals surface area contributed by atoms with E-state index in [-0.39, 0.29) is 28.8 Å². The van der Waals surface area contributed by atoms with Crippen molar-refractivity contribution < 1.29 is 19.4 Å². The SMILES string of the molecule is CC(=O)O[C@@H]1CC[C@@]2(C)[C@@H](CC[C@@H]3[C@@H]2[C@H](NCCC(C)C)C[C@]2(C)[C@@H](C(=O)O)CC[C@@H]32)C1. The molecule has 0 aliphatic heterocycles. The molecule has 2 N–H and O–H groups in total. The van der Waals surface area contributed by atoms with Crippen molar-refractivity contribution in [1.29, 1.82) is 0 Å². The summed E-state index contributed by atoms with van der Waals surface area (Å²) in [6.45, 7) is 11.9. The Morgan fingerprint density at radius 3 is 2.50 bits per heavy atom. The van der Waals surface area contributed by atoms with Gasteiger partial charge in [-0.1, -0.05) is 27.7 Å². The zero-order valence-electron chi connectivity index (χ0n) is 20.9. The third kappa shape index (κ3) is 4.12. The molecule has 4 rings (SSSR count). The van der Waals surface area contributed by atoms with E-state index in [1.165, 1.54) is 19.8 Å². The minimum Gasteiger partial charge on any atom is -0.481 e. The normalized spacial score (nSPS) is 45.6. The van der Waals surface area contributed by atoms with E-state index < -0.39 is 5.97 Å². The fourth-order valence-electron chi connectivity index (χ4n) is 8.90. The lowest BCUT2D eigenvalue weighted by Gasteiger charge is -2.63. The van der Waals surface area contributed by atoms with E-state index in [0.29, 0.717) is 35.6 Å². The van der Waals surface area contributed by atoms with Crippen molar-refractivity contribution in [3.63, 3.8) is 0 Å². The van der Waals surface area contributed by atoms with Gasteiger partial charge < -0.3 is 15.2 Å². The molecule has 0 amide bonds. The third-order valence-corrected chi connectivity index (χ3v) is 10.3. The number of fused-ring (bicyclic) bond motifs is 5. The highest BCUT2D eigenvalue weighted by atomic mass is 16.5. The molecule has 182 valence electrons. The molecular weight excluding hydrogens is 402 g/mol. The van der Waals surface area contributed by atoms with Crippen LogP contribution >= 0.6 is 0 Å². The van der Waals surface area contributed by atoms with Crippen LogP contribution in [0.2, 0.25) is 0 Å². The molecule has 9 atom stereocenters. The molecular formula is C27H45NO4. The number of rotatable bonds is 6. The van der Waals surface area contributed by atoms with Crippen molar-refractivity contribution in [1.82, 2.24) is 5.32 Å². The molecule has 4 aliphatic rings. The Bertz CT molecular complexity index is 722. The Hall–Kier alpha value is -1.10. The second-order valence-corrected chi connectivity index (χ2v) is 12.5. The van der Waals surface area contributed by atoms with Gasteiger partial charge in [0.25, 0.3) is 0 Å². The summed E-state index contributed by atoms with van der Waals surface area (Å²) in [4.78, 5) is 23.8. The lowest BCUT2D eigenvalue weighted by atomic mass is 9.43. The van der Waals surface area contributed by atoms with Gasteiger partial charge in [-0.3, -0.25) is 9.59 Å². The predicted molar refractivity (Wildman–Crippen MR) is 125 cm³/mol. The van der Waals surface area contributed by atoms with Crippen molar-refractivity contribution >= 4 is 11.9 Å². The maximum atomic E-state index is 12.2. The van der Waals surface area contributed by atoms with Crippen molar-refractivity contribution in [2.24, 2.45) is 46.3 Å². The average Bonchev–Trinajstić information content (AvgIpc) is 3.04. The second-order valence-electron chi connectivity index (χ2n) is 12.5. The highest BCUT2D eigenvalue weighted by molar-refractivity contribution is 5.71. The highest BCUT2D eigenvalue weighted by Crippen LogP contribution is 2.67. The van der Waals surface area contributed by atoms with Gasteiger partial charge in [-0.15, -0.1) is 0 Å². The first kappa shape index (κ1) is 24.0. The standard InChI is InChI=1S/C27H45NO4/c1-16(2)11-13-28-23-15-27(5)21(8-9-22(27)25(30)31)20-7-6-18-14-19(32-17(3)29)10-12-26(18,4)24(20)23/h16,18-24,28H,6-15H2,1-5H3,(H,30,31)/t18-,19+,20-,21-,22+,23+,24+,26-,27-/m0/s1. The van der Waals surface area contributed by atoms with Crippen LogP contribution < -0.4 is 5.32 Å². The minimum atomic E-state index is -0.587. The van der Waals surface area contributed by atoms with Gasteiger partial charge >= 0.3 is 11.9 Å². The van der Waals surface area contributed by atoms with Crippen molar-refractivity contribution in [2.45, 2.75) is 105 Å². The fourth-order valence-corrected chi connectivity index (χ4v) is 8.90. The Labute approximate surface area is 194 Å². The number of ether oxygens (including phenoxy) is 1. The summed E-state index contributed by atoms with van der Waals surface area (Å²) in [5, 5.41) is 14.0. The molecule has 32 heavy (non-hydrogen) atoms. The zero-order chi connectivity index (χ0) is 23.3. The summed E-state index contributed by atoms with van der Waals surface area (Å²) in [7, 11) is 0. The van der Waals surface area contributed by atoms with Gasteiger partial charge in [-0.2, -0.15) is 0 Å². The van der Waals surface area contributed by atoms with Crippen LogP contribution in [-0.2, 0) is 14.3 Å². The molecule has 0 saturated heterocycles. The van der Waals surface area contributed by atoms with E-state index in [9.17, 15) is 14.7 Å². The maximum Gasteiger partial charge on any atom is 0.307 e. The van der Waals surface area contributed by atoms with Gasteiger partial charge in [0.2, 0.25) is 0 Å². The number of esters is 1. The largest absolute Gasteiger partial charge is 0.481 e. The molecule has 0 spiro atoms. The predicted octanol–water partition coefficient (Wildman–Crippen LogP) is 5.28. The lowest BCUT2D eigenvalue weighted by Crippen LogP contribution is -2.62.